The first-order valence-electron chi connectivity index (χ1n) is 8.52. The molecule has 0 aliphatic carbocycles. The summed E-state index contributed by atoms with van der Waals surface area (Å²) in [6.07, 6.45) is 4.61. The van der Waals surface area contributed by atoms with Crippen LogP contribution in [0.15, 0.2) is 12.4 Å². The first-order valence-corrected chi connectivity index (χ1v) is 8.52. The van der Waals surface area contributed by atoms with E-state index in [0.717, 1.165) is 49.7 Å². The predicted octanol–water partition coefficient (Wildman–Crippen LogP) is 1.44. The minimum absolute atomic E-state index is 0.173. The minimum atomic E-state index is 0.173. The van der Waals surface area contributed by atoms with E-state index >= 15 is 0 Å². The monoisotopic (exact) mass is 330 g/mol. The maximum Gasteiger partial charge on any atom is 0.134 e. The fourth-order valence-corrected chi connectivity index (χ4v) is 3.42. The molecule has 3 rings (SSSR count). The zero-order valence-electron chi connectivity index (χ0n) is 14.7. The van der Waals surface area contributed by atoms with E-state index in [2.05, 4.69) is 32.2 Å². The highest BCUT2D eigenvalue weighted by molar-refractivity contribution is 5.50. The minimum Gasteiger partial charge on any atom is -0.394 e. The maximum absolute atomic E-state index is 9.48. The van der Waals surface area contributed by atoms with Crippen molar-refractivity contribution in [2.24, 2.45) is 7.05 Å². The van der Waals surface area contributed by atoms with Gasteiger partial charge in [0.1, 0.15) is 18.0 Å². The first kappa shape index (κ1) is 16.7. The summed E-state index contributed by atoms with van der Waals surface area (Å²) >= 11 is 0. The van der Waals surface area contributed by atoms with Gasteiger partial charge in [-0.3, -0.25) is 4.68 Å². The van der Waals surface area contributed by atoms with Gasteiger partial charge in [-0.1, -0.05) is 0 Å². The van der Waals surface area contributed by atoms with Gasteiger partial charge in [0.2, 0.25) is 0 Å². The second kappa shape index (κ2) is 7.17. The van der Waals surface area contributed by atoms with E-state index in [1.165, 1.54) is 11.3 Å². The Bertz CT molecular complexity index is 698. The van der Waals surface area contributed by atoms with Gasteiger partial charge in [0.15, 0.2) is 0 Å². The first-order chi connectivity index (χ1) is 11.6. The molecule has 7 nitrogen and oxygen atoms in total. The Labute approximate surface area is 142 Å². The number of nitrogens with zero attached hydrogens (tertiary/aromatic N) is 5. The number of hydrogen-bond acceptors (Lipinski definition) is 6. The van der Waals surface area contributed by atoms with Crippen LogP contribution in [0.3, 0.4) is 0 Å². The number of aromatic nitrogens is 4. The number of aliphatic hydroxyl groups excluding tert-OH is 1. The van der Waals surface area contributed by atoms with Crippen LogP contribution in [-0.2, 0) is 13.5 Å². The van der Waals surface area contributed by atoms with E-state index in [-0.39, 0.29) is 12.6 Å². The number of rotatable bonds is 6. The van der Waals surface area contributed by atoms with Crippen molar-refractivity contribution in [3.05, 3.63) is 29.3 Å². The zero-order valence-corrected chi connectivity index (χ0v) is 14.7. The average molecular weight is 330 g/mol. The molecule has 1 saturated heterocycles. The van der Waals surface area contributed by atoms with Crippen LogP contribution in [0.2, 0.25) is 0 Å². The number of nitrogens with one attached hydrogen (secondary N) is 1. The molecule has 1 aliphatic rings. The van der Waals surface area contributed by atoms with Crippen LogP contribution in [0, 0.1) is 13.8 Å². The smallest absolute Gasteiger partial charge is 0.134 e. The highest BCUT2D eigenvalue weighted by Gasteiger charge is 2.25. The molecule has 2 N–H and O–H groups in total. The second-order valence-corrected chi connectivity index (χ2v) is 6.38. The molecular formula is C17H26N6O. The molecule has 2 aromatic rings. The standard InChI is InChI=1S/C17H26N6O/c1-12-15(13(2)22(3)21-12)6-7-18-16-9-17(20-11-19-16)23-8-4-5-14(23)10-24/h9,11,14,24H,4-8,10H2,1-3H3,(H,18,19,20). The van der Waals surface area contributed by atoms with Gasteiger partial charge in [-0.25, -0.2) is 9.97 Å². The summed E-state index contributed by atoms with van der Waals surface area (Å²) in [6, 6.07) is 2.14. The summed E-state index contributed by atoms with van der Waals surface area (Å²) in [5.74, 6) is 1.71. The van der Waals surface area contributed by atoms with Gasteiger partial charge in [0.25, 0.3) is 0 Å². The number of aliphatic hydroxyl groups is 1. The van der Waals surface area contributed by atoms with Gasteiger partial charge < -0.3 is 15.3 Å². The number of aryl methyl sites for hydroxylation is 2. The fourth-order valence-electron chi connectivity index (χ4n) is 3.42. The average Bonchev–Trinajstić information content (AvgIpc) is 3.15. The van der Waals surface area contributed by atoms with Crippen molar-refractivity contribution in [2.45, 2.75) is 39.2 Å². The summed E-state index contributed by atoms with van der Waals surface area (Å²) in [6.45, 7) is 6.06. The van der Waals surface area contributed by atoms with E-state index < -0.39 is 0 Å². The molecule has 0 saturated carbocycles. The van der Waals surface area contributed by atoms with E-state index in [0.29, 0.717) is 0 Å². The highest BCUT2D eigenvalue weighted by atomic mass is 16.3. The molecule has 0 amide bonds. The van der Waals surface area contributed by atoms with Gasteiger partial charge in [-0.15, -0.1) is 0 Å². The quantitative estimate of drug-likeness (QED) is 0.834. The third-order valence-electron chi connectivity index (χ3n) is 4.87. The molecule has 130 valence electrons. The lowest BCUT2D eigenvalue weighted by molar-refractivity contribution is 0.266. The molecule has 0 radical (unpaired) electrons. The van der Waals surface area contributed by atoms with Crippen molar-refractivity contribution >= 4 is 11.6 Å². The summed E-state index contributed by atoms with van der Waals surface area (Å²) in [5, 5.41) is 17.3. The van der Waals surface area contributed by atoms with E-state index in [4.69, 9.17) is 0 Å². The summed E-state index contributed by atoms with van der Waals surface area (Å²) < 4.78 is 1.93. The fraction of sp³-hybridized carbons (Fsp3) is 0.588. The highest BCUT2D eigenvalue weighted by Crippen LogP contribution is 2.24. The van der Waals surface area contributed by atoms with Gasteiger partial charge in [0.05, 0.1) is 18.3 Å². The molecule has 0 aromatic carbocycles. The van der Waals surface area contributed by atoms with Gasteiger partial charge >= 0.3 is 0 Å². The SMILES string of the molecule is Cc1nn(C)c(C)c1CCNc1cc(N2CCCC2CO)ncn1. The Morgan fingerprint density at radius 1 is 1.33 bits per heavy atom. The lowest BCUT2D eigenvalue weighted by Crippen LogP contribution is -2.32. The molecule has 0 bridgehead atoms. The third kappa shape index (κ3) is 3.36. The topological polar surface area (TPSA) is 79.1 Å². The predicted molar refractivity (Wildman–Crippen MR) is 94.4 cm³/mol. The molecule has 1 atom stereocenters. The van der Waals surface area contributed by atoms with E-state index in [1.807, 2.05) is 24.7 Å². The summed E-state index contributed by atoms with van der Waals surface area (Å²) in [4.78, 5) is 10.8. The van der Waals surface area contributed by atoms with Crippen LogP contribution in [-0.4, -0.2) is 50.6 Å². The van der Waals surface area contributed by atoms with Crippen molar-refractivity contribution < 1.29 is 5.11 Å². The molecule has 1 fully saturated rings. The lowest BCUT2D eigenvalue weighted by Gasteiger charge is -2.24. The van der Waals surface area contributed by atoms with Gasteiger partial charge in [-0.05, 0) is 38.7 Å². The van der Waals surface area contributed by atoms with Crippen LogP contribution in [0.1, 0.15) is 29.8 Å². The molecule has 3 heterocycles. The van der Waals surface area contributed by atoms with Gasteiger partial charge in [0, 0.05) is 31.9 Å². The Morgan fingerprint density at radius 2 is 2.17 bits per heavy atom. The number of hydrogen-bond donors (Lipinski definition) is 2. The normalized spacial score (nSPS) is 17.5. The van der Waals surface area contributed by atoms with E-state index in [9.17, 15) is 5.11 Å². The Kier molecular flexibility index (Phi) is 4.99. The van der Waals surface area contributed by atoms with Crippen molar-refractivity contribution in [1.82, 2.24) is 19.7 Å². The van der Waals surface area contributed by atoms with Crippen LogP contribution in [0.25, 0.3) is 0 Å². The van der Waals surface area contributed by atoms with Crippen molar-refractivity contribution in [3.63, 3.8) is 0 Å². The molecular weight excluding hydrogens is 304 g/mol. The van der Waals surface area contributed by atoms with Crippen molar-refractivity contribution in [2.75, 3.05) is 29.9 Å². The molecule has 1 unspecified atom stereocenters. The molecule has 24 heavy (non-hydrogen) atoms. The van der Waals surface area contributed by atoms with Crippen LogP contribution in [0.4, 0.5) is 11.6 Å². The molecule has 7 heteroatoms. The maximum atomic E-state index is 9.48. The Morgan fingerprint density at radius 3 is 2.88 bits per heavy atom. The van der Waals surface area contributed by atoms with Crippen molar-refractivity contribution in [1.29, 1.82) is 0 Å². The number of anilines is 2. The summed E-state index contributed by atoms with van der Waals surface area (Å²) in [5.41, 5.74) is 3.59. The lowest BCUT2D eigenvalue weighted by atomic mass is 10.1. The zero-order chi connectivity index (χ0) is 17.1. The van der Waals surface area contributed by atoms with Crippen LogP contribution < -0.4 is 10.2 Å². The summed E-state index contributed by atoms with van der Waals surface area (Å²) in [7, 11) is 1.98. The molecule has 1 aliphatic heterocycles. The molecule has 0 spiro atoms. The van der Waals surface area contributed by atoms with E-state index in [1.54, 1.807) is 6.33 Å². The Balaban J connectivity index is 1.63. The third-order valence-corrected chi connectivity index (χ3v) is 4.87. The van der Waals surface area contributed by atoms with Crippen LogP contribution >= 0.6 is 0 Å². The van der Waals surface area contributed by atoms with Crippen LogP contribution in [0.5, 0.6) is 0 Å². The van der Waals surface area contributed by atoms with Gasteiger partial charge in [-0.2, -0.15) is 5.10 Å². The largest absolute Gasteiger partial charge is 0.394 e. The Hall–Kier alpha value is -2.15. The molecule has 2 aromatic heterocycles. The second-order valence-electron chi connectivity index (χ2n) is 6.38. The van der Waals surface area contributed by atoms with Crippen molar-refractivity contribution in [3.8, 4) is 0 Å².